The first-order valence-electron chi connectivity index (χ1n) is 19.3. The van der Waals surface area contributed by atoms with Crippen molar-refractivity contribution in [3.63, 3.8) is 0 Å². The van der Waals surface area contributed by atoms with Crippen LogP contribution in [0.15, 0.2) is 12.2 Å². The predicted octanol–water partition coefficient (Wildman–Crippen LogP) is 10.1. The smallest absolute Gasteiger partial charge is 0.409 e. The number of rotatable bonds is 8. The largest absolute Gasteiger partial charge is 0.439 e. The Hall–Kier alpha value is -0.853. The number of ether oxygens (including phenoxy) is 2. The summed E-state index contributed by atoms with van der Waals surface area (Å²) >= 11 is 0. The van der Waals surface area contributed by atoms with E-state index in [4.69, 9.17) is 13.9 Å². The highest BCUT2D eigenvalue weighted by Crippen LogP contribution is 2.89. The van der Waals surface area contributed by atoms with Crippen LogP contribution in [0.25, 0.3) is 0 Å². The molecule has 0 radical (unpaired) electrons. The van der Waals surface area contributed by atoms with Crippen LogP contribution in [0.3, 0.4) is 0 Å². The van der Waals surface area contributed by atoms with Gasteiger partial charge >= 0.3 is 6.09 Å². The molecule has 2 spiro atoms. The maximum absolute atomic E-state index is 12.9. The van der Waals surface area contributed by atoms with Gasteiger partial charge in [-0.3, -0.25) is 0 Å². The van der Waals surface area contributed by atoms with Crippen molar-refractivity contribution in [2.45, 2.75) is 163 Å². The molecular formula is C40H69NO4Si. The Morgan fingerprint density at radius 1 is 0.957 bits per heavy atom. The highest BCUT2D eigenvalue weighted by molar-refractivity contribution is 6.73. The van der Waals surface area contributed by atoms with E-state index in [2.05, 4.69) is 68.9 Å². The molecule has 1 saturated heterocycles. The monoisotopic (exact) mass is 655 g/mol. The molecule has 5 aliphatic carbocycles. The summed E-state index contributed by atoms with van der Waals surface area (Å²) < 4.78 is 21.4. The molecule has 5 saturated carbocycles. The van der Waals surface area contributed by atoms with Crippen LogP contribution in [0.1, 0.15) is 121 Å². The van der Waals surface area contributed by atoms with Crippen molar-refractivity contribution >= 4 is 14.4 Å². The van der Waals surface area contributed by atoms with Gasteiger partial charge < -0.3 is 18.8 Å². The number of hydrogen-bond acceptors (Lipinski definition) is 4. The summed E-state index contributed by atoms with van der Waals surface area (Å²) in [5, 5.41) is 0. The fourth-order valence-corrected chi connectivity index (χ4v) is 16.8. The number of nitrogens with zero attached hydrogens (tertiary/aromatic N) is 1. The molecule has 5 nitrogen and oxygen atoms in total. The third kappa shape index (κ3) is 4.46. The second-order valence-corrected chi connectivity index (χ2v) is 23.6. The quantitative estimate of drug-likeness (QED) is 0.193. The molecule has 0 aromatic heterocycles. The SMILES string of the molecule is C=C(C)[C@@H](OC(=O)N(C)C)[C@H]1C[C@@H](C)[C@H]2[C@H](O1)[C@H](O[Si](CC)(CC)CC)[C@@]1(C)[C@@H]3CC[C@H]4C(C)(C)[C@@H](C)CCC45C[C@@]35CC[C@]21C. The maximum Gasteiger partial charge on any atom is 0.409 e. The fraction of sp³-hybridized carbons (Fsp3) is 0.925. The van der Waals surface area contributed by atoms with Crippen molar-refractivity contribution in [1.82, 2.24) is 4.90 Å². The average Bonchev–Trinajstić information content (AvgIpc) is 3.63. The van der Waals surface area contributed by atoms with E-state index >= 15 is 0 Å². The second-order valence-electron chi connectivity index (χ2n) is 18.8. The van der Waals surface area contributed by atoms with Crippen molar-refractivity contribution in [2.24, 2.45) is 56.7 Å². The molecule has 6 heteroatoms. The molecule has 1 heterocycles. The Morgan fingerprint density at radius 2 is 1.57 bits per heavy atom. The molecule has 0 aromatic carbocycles. The molecule has 1 amide bonds. The summed E-state index contributed by atoms with van der Waals surface area (Å²) in [6, 6.07) is 3.47. The van der Waals surface area contributed by atoms with E-state index in [1.807, 2.05) is 6.92 Å². The summed E-state index contributed by atoms with van der Waals surface area (Å²) in [4.78, 5) is 14.4. The molecule has 46 heavy (non-hydrogen) atoms. The van der Waals surface area contributed by atoms with Gasteiger partial charge in [0.05, 0.1) is 18.3 Å². The second kappa shape index (κ2) is 11.3. The van der Waals surface area contributed by atoms with Crippen LogP contribution in [0.2, 0.25) is 18.1 Å². The lowest BCUT2D eigenvalue weighted by Gasteiger charge is -2.64. The van der Waals surface area contributed by atoms with E-state index in [0.29, 0.717) is 34.0 Å². The van der Waals surface area contributed by atoms with Gasteiger partial charge in [0.1, 0.15) is 0 Å². The highest BCUT2D eigenvalue weighted by Gasteiger charge is 2.84. The first kappa shape index (κ1) is 35.0. The predicted molar refractivity (Wildman–Crippen MR) is 190 cm³/mol. The summed E-state index contributed by atoms with van der Waals surface area (Å²) in [7, 11) is 1.52. The van der Waals surface area contributed by atoms with E-state index in [-0.39, 0.29) is 35.2 Å². The van der Waals surface area contributed by atoms with Crippen LogP contribution in [-0.2, 0) is 13.9 Å². The van der Waals surface area contributed by atoms with Gasteiger partial charge in [0.2, 0.25) is 0 Å². The minimum atomic E-state index is -1.97. The summed E-state index contributed by atoms with van der Waals surface area (Å²) in [6.45, 7) is 29.0. The van der Waals surface area contributed by atoms with Gasteiger partial charge in [0.25, 0.3) is 0 Å². The van der Waals surface area contributed by atoms with Crippen LogP contribution in [-0.4, -0.2) is 57.8 Å². The van der Waals surface area contributed by atoms with E-state index in [0.717, 1.165) is 42.0 Å². The Labute approximate surface area is 283 Å². The van der Waals surface area contributed by atoms with Crippen molar-refractivity contribution in [3.8, 4) is 0 Å². The van der Waals surface area contributed by atoms with Gasteiger partial charge in [-0.15, -0.1) is 0 Å². The lowest BCUT2D eigenvalue weighted by atomic mass is 9.41. The normalized spacial score (nSPS) is 47.7. The van der Waals surface area contributed by atoms with Crippen molar-refractivity contribution in [3.05, 3.63) is 12.2 Å². The number of amides is 1. The van der Waals surface area contributed by atoms with Gasteiger partial charge in [-0.05, 0) is 133 Å². The van der Waals surface area contributed by atoms with E-state index in [1.54, 1.807) is 14.1 Å². The molecule has 13 atom stereocenters. The third-order valence-electron chi connectivity index (χ3n) is 17.1. The Balaban J connectivity index is 1.43. The van der Waals surface area contributed by atoms with Crippen LogP contribution in [0, 0.1) is 56.7 Å². The van der Waals surface area contributed by atoms with E-state index in [1.165, 1.54) is 49.8 Å². The zero-order chi connectivity index (χ0) is 33.8. The molecule has 1 unspecified atom stereocenters. The average molecular weight is 656 g/mol. The van der Waals surface area contributed by atoms with Crippen molar-refractivity contribution in [1.29, 1.82) is 0 Å². The first-order chi connectivity index (χ1) is 21.4. The highest BCUT2D eigenvalue weighted by atomic mass is 28.4. The molecule has 262 valence electrons. The summed E-state index contributed by atoms with van der Waals surface area (Å²) in [6.07, 6.45) is 9.72. The molecule has 6 fully saturated rings. The molecule has 0 N–H and O–H groups in total. The van der Waals surface area contributed by atoms with Crippen LogP contribution in [0.5, 0.6) is 0 Å². The Kier molecular flexibility index (Phi) is 8.62. The number of carbonyl (C=O) groups is 1. The fourth-order valence-electron chi connectivity index (χ4n) is 13.8. The lowest BCUT2D eigenvalue weighted by Crippen LogP contribution is -2.60. The lowest BCUT2D eigenvalue weighted by molar-refractivity contribution is -0.172. The molecular weight excluding hydrogens is 587 g/mol. The van der Waals surface area contributed by atoms with Gasteiger partial charge in [0.15, 0.2) is 14.4 Å². The molecule has 6 rings (SSSR count). The Morgan fingerprint density at radius 3 is 2.15 bits per heavy atom. The van der Waals surface area contributed by atoms with Gasteiger partial charge in [-0.1, -0.05) is 68.9 Å². The number of hydrogen-bond donors (Lipinski definition) is 0. The van der Waals surface area contributed by atoms with Gasteiger partial charge in [0, 0.05) is 19.5 Å². The third-order valence-corrected chi connectivity index (χ3v) is 21.7. The van der Waals surface area contributed by atoms with Crippen LogP contribution < -0.4 is 0 Å². The standard InChI is InChI=1S/C40H69NO4Si/c1-14-46(15-2,16-3)45-34-33-31(26(6)23-28(43-33)32(25(4)5)44-35(42)41(12)13)37(10)21-22-40-24-39(40)20-19-27(7)36(8,9)29(39)17-18-30(40)38(34,37)11/h26-34H,4,14-24H2,1-3,5-13H3/t26-,27+,28-,29+,30+,31+,32-,33+,34+,37-,38-,39?,40+/m1/s1. The number of carbonyl (C=O) groups excluding carboxylic acids is 1. The minimum absolute atomic E-state index is 0.0191. The topological polar surface area (TPSA) is 48.0 Å². The van der Waals surface area contributed by atoms with Crippen molar-refractivity contribution in [2.75, 3.05) is 14.1 Å². The van der Waals surface area contributed by atoms with Crippen LogP contribution >= 0.6 is 0 Å². The van der Waals surface area contributed by atoms with Crippen molar-refractivity contribution < 1.29 is 18.7 Å². The van der Waals surface area contributed by atoms with Gasteiger partial charge in [-0.25, -0.2) is 4.79 Å². The summed E-state index contributed by atoms with van der Waals surface area (Å²) in [5.74, 6) is 3.25. The van der Waals surface area contributed by atoms with E-state index in [9.17, 15) is 4.79 Å². The zero-order valence-corrected chi connectivity index (χ0v) is 32.8. The van der Waals surface area contributed by atoms with E-state index < -0.39 is 14.4 Å². The molecule has 0 aromatic rings. The maximum atomic E-state index is 12.9. The number of fused-ring (bicyclic) bond motifs is 4. The summed E-state index contributed by atoms with van der Waals surface area (Å²) in [5.41, 5.74) is 2.50. The first-order valence-corrected chi connectivity index (χ1v) is 21.8. The molecule has 0 bridgehead atoms. The zero-order valence-electron chi connectivity index (χ0n) is 31.8. The molecule has 6 aliphatic rings. The van der Waals surface area contributed by atoms with Gasteiger partial charge in [-0.2, -0.15) is 0 Å². The minimum Gasteiger partial charge on any atom is -0.439 e. The molecule has 1 aliphatic heterocycles. The van der Waals surface area contributed by atoms with Crippen LogP contribution in [0.4, 0.5) is 4.79 Å². The Bertz CT molecular complexity index is 1210.